The number of benzene rings is 1. The van der Waals surface area contributed by atoms with E-state index in [-0.39, 0.29) is 0 Å². The first-order chi connectivity index (χ1) is 9.22. The molecule has 0 spiro atoms. The van der Waals surface area contributed by atoms with Crippen molar-refractivity contribution in [1.82, 2.24) is 0 Å². The highest BCUT2D eigenvalue weighted by Gasteiger charge is 2.10. The molecule has 3 heteroatoms. The summed E-state index contributed by atoms with van der Waals surface area (Å²) in [6, 6.07) is 3.47. The van der Waals surface area contributed by atoms with Crippen molar-refractivity contribution in [3.63, 3.8) is 0 Å². The van der Waals surface area contributed by atoms with Crippen molar-refractivity contribution in [1.29, 1.82) is 0 Å². The average molecular weight is 281 g/mol. The maximum absolute atomic E-state index is 11.1. The summed E-state index contributed by atoms with van der Waals surface area (Å²) in [6.07, 6.45) is 7.78. The predicted molar refractivity (Wildman–Crippen MR) is 80.4 cm³/mol. The Morgan fingerprint density at radius 2 is 2.11 bits per heavy atom. The normalized spacial score (nSPS) is 10.2. The molecule has 0 aliphatic heterocycles. The zero-order chi connectivity index (χ0) is 14.1. The molecule has 0 aliphatic carbocycles. The number of carbonyl (C=O) groups excluding carboxylic acids is 1. The lowest BCUT2D eigenvalue weighted by Crippen LogP contribution is -2.03. The number of aldehydes is 1. The molecule has 1 aromatic rings. The van der Waals surface area contributed by atoms with Crippen LogP contribution in [0.15, 0.2) is 24.8 Å². The van der Waals surface area contributed by atoms with Crippen LogP contribution in [0.2, 0.25) is 5.02 Å². The van der Waals surface area contributed by atoms with Gasteiger partial charge in [-0.15, -0.1) is 6.58 Å². The second-order valence-corrected chi connectivity index (χ2v) is 4.94. The van der Waals surface area contributed by atoms with Gasteiger partial charge in [-0.05, 0) is 25.0 Å². The minimum atomic E-state index is 0.514. The summed E-state index contributed by atoms with van der Waals surface area (Å²) in [6.45, 7) is 6.52. The van der Waals surface area contributed by atoms with Crippen molar-refractivity contribution < 1.29 is 9.53 Å². The van der Waals surface area contributed by atoms with Crippen LogP contribution in [0, 0.1) is 0 Å². The van der Waals surface area contributed by atoms with Crippen molar-refractivity contribution in [2.75, 3.05) is 6.61 Å². The lowest BCUT2D eigenvalue weighted by Gasteiger charge is -2.13. The number of ether oxygens (including phenoxy) is 1. The first kappa shape index (κ1) is 15.8. The second-order valence-electron chi connectivity index (χ2n) is 4.50. The van der Waals surface area contributed by atoms with Gasteiger partial charge in [-0.3, -0.25) is 4.79 Å². The van der Waals surface area contributed by atoms with Gasteiger partial charge in [0.05, 0.1) is 12.2 Å². The molecular formula is C16H21ClO2. The van der Waals surface area contributed by atoms with E-state index in [1.165, 1.54) is 12.8 Å². The molecule has 104 valence electrons. The van der Waals surface area contributed by atoms with Crippen LogP contribution in [-0.4, -0.2) is 12.9 Å². The second kappa shape index (κ2) is 8.76. The van der Waals surface area contributed by atoms with Crippen LogP contribution in [-0.2, 0) is 6.42 Å². The molecule has 0 N–H and O–H groups in total. The standard InChI is InChI=1S/C16H21ClO2/c1-3-5-6-7-9-19-16-13(8-4-2)10-15(17)11-14(16)12-18/h4,10-12H,2-3,5-9H2,1H3. The highest BCUT2D eigenvalue weighted by Crippen LogP contribution is 2.28. The fraction of sp³-hybridized carbons (Fsp3) is 0.438. The number of hydrogen-bond donors (Lipinski definition) is 0. The summed E-state index contributed by atoms with van der Waals surface area (Å²) in [5.41, 5.74) is 1.43. The Morgan fingerprint density at radius 1 is 1.32 bits per heavy atom. The van der Waals surface area contributed by atoms with Gasteiger partial charge in [0.25, 0.3) is 0 Å². The van der Waals surface area contributed by atoms with Crippen molar-refractivity contribution >= 4 is 17.9 Å². The van der Waals surface area contributed by atoms with Gasteiger partial charge in [0.15, 0.2) is 6.29 Å². The van der Waals surface area contributed by atoms with E-state index in [0.717, 1.165) is 24.7 Å². The molecule has 0 radical (unpaired) electrons. The SMILES string of the molecule is C=CCc1cc(Cl)cc(C=O)c1OCCCCCC. The molecule has 0 fully saturated rings. The van der Waals surface area contributed by atoms with E-state index in [1.54, 1.807) is 12.1 Å². The van der Waals surface area contributed by atoms with E-state index >= 15 is 0 Å². The Labute approximate surface area is 120 Å². The van der Waals surface area contributed by atoms with Crippen LogP contribution in [0.1, 0.15) is 48.5 Å². The number of rotatable bonds is 9. The van der Waals surface area contributed by atoms with Crippen molar-refractivity contribution in [2.24, 2.45) is 0 Å². The topological polar surface area (TPSA) is 26.3 Å². The van der Waals surface area contributed by atoms with Crippen molar-refractivity contribution in [3.05, 3.63) is 40.9 Å². The molecule has 19 heavy (non-hydrogen) atoms. The maximum atomic E-state index is 11.1. The first-order valence-electron chi connectivity index (χ1n) is 6.74. The van der Waals surface area contributed by atoms with Gasteiger partial charge in [-0.2, -0.15) is 0 Å². The summed E-state index contributed by atoms with van der Waals surface area (Å²) >= 11 is 5.99. The van der Waals surface area contributed by atoms with Crippen molar-refractivity contribution in [3.8, 4) is 5.75 Å². The summed E-state index contributed by atoms with van der Waals surface area (Å²) < 4.78 is 5.78. The molecule has 1 rings (SSSR count). The lowest BCUT2D eigenvalue weighted by molar-refractivity contribution is 0.111. The van der Waals surface area contributed by atoms with Crippen LogP contribution in [0.3, 0.4) is 0 Å². The summed E-state index contributed by atoms with van der Waals surface area (Å²) in [5.74, 6) is 0.649. The number of hydrogen-bond acceptors (Lipinski definition) is 2. The van der Waals surface area contributed by atoms with Gasteiger partial charge >= 0.3 is 0 Å². The summed E-state index contributed by atoms with van der Waals surface area (Å²) in [7, 11) is 0. The maximum Gasteiger partial charge on any atom is 0.153 e. The third kappa shape index (κ3) is 5.07. The molecule has 0 atom stereocenters. The molecular weight excluding hydrogens is 260 g/mol. The summed E-state index contributed by atoms with van der Waals surface area (Å²) in [5, 5.41) is 0.553. The van der Waals surface area contributed by atoms with E-state index in [9.17, 15) is 4.79 Å². The lowest BCUT2D eigenvalue weighted by atomic mass is 10.1. The van der Waals surface area contributed by atoms with E-state index in [2.05, 4.69) is 13.5 Å². The van der Waals surface area contributed by atoms with Crippen LogP contribution >= 0.6 is 11.6 Å². The van der Waals surface area contributed by atoms with Gasteiger partial charge in [0.1, 0.15) is 5.75 Å². The molecule has 0 amide bonds. The number of carbonyl (C=O) groups is 1. The van der Waals surface area contributed by atoms with Gasteiger partial charge in [0, 0.05) is 10.6 Å². The van der Waals surface area contributed by atoms with Crippen LogP contribution in [0.5, 0.6) is 5.75 Å². The molecule has 1 aromatic carbocycles. The summed E-state index contributed by atoms with van der Waals surface area (Å²) in [4.78, 5) is 11.1. The van der Waals surface area contributed by atoms with Gasteiger partial charge in [-0.1, -0.05) is 43.9 Å². The van der Waals surface area contributed by atoms with E-state index in [1.807, 2.05) is 6.07 Å². The molecule has 0 unspecified atom stereocenters. The predicted octanol–water partition coefficient (Wildman–Crippen LogP) is 4.84. The Bertz CT molecular complexity index is 427. The Balaban J connectivity index is 2.77. The first-order valence-corrected chi connectivity index (χ1v) is 7.12. The molecule has 2 nitrogen and oxygen atoms in total. The van der Waals surface area contributed by atoms with Crippen LogP contribution in [0.4, 0.5) is 0 Å². The molecule has 0 aliphatic rings. The van der Waals surface area contributed by atoms with Crippen LogP contribution in [0.25, 0.3) is 0 Å². The van der Waals surface area contributed by atoms with E-state index in [4.69, 9.17) is 16.3 Å². The number of halogens is 1. The third-order valence-electron chi connectivity index (χ3n) is 2.89. The van der Waals surface area contributed by atoms with Crippen molar-refractivity contribution in [2.45, 2.75) is 39.0 Å². The molecule has 0 heterocycles. The molecule has 0 bridgehead atoms. The third-order valence-corrected chi connectivity index (χ3v) is 3.11. The smallest absolute Gasteiger partial charge is 0.153 e. The fourth-order valence-electron chi connectivity index (χ4n) is 1.95. The number of allylic oxidation sites excluding steroid dienone is 1. The van der Waals surface area contributed by atoms with Gasteiger partial charge in [-0.25, -0.2) is 0 Å². The molecule has 0 aromatic heterocycles. The number of unbranched alkanes of at least 4 members (excludes halogenated alkanes) is 3. The quantitative estimate of drug-likeness (QED) is 0.367. The zero-order valence-corrected chi connectivity index (χ0v) is 12.2. The fourth-order valence-corrected chi connectivity index (χ4v) is 2.20. The average Bonchev–Trinajstić information content (AvgIpc) is 2.40. The highest BCUT2D eigenvalue weighted by atomic mass is 35.5. The van der Waals surface area contributed by atoms with Crippen LogP contribution < -0.4 is 4.74 Å². The Morgan fingerprint density at radius 3 is 2.74 bits per heavy atom. The Hall–Kier alpha value is -1.28. The molecule has 0 saturated carbocycles. The monoisotopic (exact) mass is 280 g/mol. The minimum absolute atomic E-state index is 0.514. The van der Waals surface area contributed by atoms with E-state index in [0.29, 0.717) is 29.4 Å². The minimum Gasteiger partial charge on any atom is -0.493 e. The molecule has 0 saturated heterocycles. The van der Waals surface area contributed by atoms with Gasteiger partial charge in [0.2, 0.25) is 0 Å². The largest absolute Gasteiger partial charge is 0.493 e. The van der Waals surface area contributed by atoms with E-state index < -0.39 is 0 Å². The van der Waals surface area contributed by atoms with Gasteiger partial charge < -0.3 is 4.74 Å². The zero-order valence-electron chi connectivity index (χ0n) is 11.5. The highest BCUT2D eigenvalue weighted by molar-refractivity contribution is 6.31. The Kier molecular flexibility index (Phi) is 7.27.